The summed E-state index contributed by atoms with van der Waals surface area (Å²) in [5, 5.41) is 12.6. The second kappa shape index (κ2) is 7.70. The first-order chi connectivity index (χ1) is 11.4. The summed E-state index contributed by atoms with van der Waals surface area (Å²) >= 11 is 5.71. The number of aromatic hydroxyl groups is 1. The highest BCUT2D eigenvalue weighted by Crippen LogP contribution is 2.25. The maximum absolute atomic E-state index is 12.2. The quantitative estimate of drug-likeness (QED) is 0.809. The highest BCUT2D eigenvalue weighted by atomic mass is 35.5. The van der Waals surface area contributed by atoms with Gasteiger partial charge >= 0.3 is 5.97 Å². The van der Waals surface area contributed by atoms with E-state index < -0.39 is 18.0 Å². The van der Waals surface area contributed by atoms with Crippen LogP contribution in [0.15, 0.2) is 42.5 Å². The first-order valence-corrected chi connectivity index (χ1v) is 7.43. The predicted molar refractivity (Wildman–Crippen MR) is 89.6 cm³/mol. The molecule has 0 unspecified atom stereocenters. The molecular formula is C17H16ClNO5. The van der Waals surface area contributed by atoms with Crippen molar-refractivity contribution in [1.29, 1.82) is 0 Å². The van der Waals surface area contributed by atoms with Crippen LogP contribution in [0.4, 0.5) is 5.69 Å². The maximum Gasteiger partial charge on any atom is 0.342 e. The summed E-state index contributed by atoms with van der Waals surface area (Å²) in [4.78, 5) is 24.2. The minimum atomic E-state index is -1.07. The van der Waals surface area contributed by atoms with Gasteiger partial charge in [0.25, 0.3) is 5.91 Å². The molecule has 0 aliphatic carbocycles. The number of ether oxygens (including phenoxy) is 2. The van der Waals surface area contributed by atoms with Crippen molar-refractivity contribution < 1.29 is 24.2 Å². The standard InChI is InChI=1S/C17H16ClNO5/c1-10(16(21)19-13-5-3-4-6-15(13)23-2)24-17(22)12-8-7-11(18)9-14(12)20/h3-10,20H,1-2H3,(H,19,21)/t10-/m1/s1. The normalized spacial score (nSPS) is 11.5. The third-order valence-electron chi connectivity index (χ3n) is 3.20. The summed E-state index contributed by atoms with van der Waals surface area (Å²) in [6, 6.07) is 10.8. The van der Waals surface area contributed by atoms with Gasteiger partial charge in [0.05, 0.1) is 12.8 Å². The monoisotopic (exact) mass is 349 g/mol. The molecular weight excluding hydrogens is 334 g/mol. The summed E-state index contributed by atoms with van der Waals surface area (Å²) in [5.41, 5.74) is 0.388. The van der Waals surface area contributed by atoms with Crippen molar-refractivity contribution in [1.82, 2.24) is 0 Å². The molecule has 0 fully saturated rings. The Kier molecular flexibility index (Phi) is 5.65. The van der Waals surface area contributed by atoms with E-state index in [1.54, 1.807) is 24.3 Å². The van der Waals surface area contributed by atoms with E-state index in [-0.39, 0.29) is 16.3 Å². The highest BCUT2D eigenvalue weighted by Gasteiger charge is 2.21. The second-order valence-electron chi connectivity index (χ2n) is 4.90. The zero-order chi connectivity index (χ0) is 17.7. The molecule has 2 rings (SSSR count). The number of amides is 1. The Hall–Kier alpha value is -2.73. The number of phenolic OH excluding ortho intramolecular Hbond substituents is 1. The Morgan fingerprint density at radius 1 is 1.21 bits per heavy atom. The molecule has 7 heteroatoms. The van der Waals surface area contributed by atoms with E-state index in [1.807, 2.05) is 0 Å². The molecule has 2 aromatic rings. The van der Waals surface area contributed by atoms with Gasteiger partial charge in [-0.15, -0.1) is 0 Å². The lowest BCUT2D eigenvalue weighted by molar-refractivity contribution is -0.123. The van der Waals surface area contributed by atoms with Crippen LogP contribution >= 0.6 is 11.6 Å². The van der Waals surface area contributed by atoms with Gasteiger partial charge in [0.15, 0.2) is 6.10 Å². The number of phenols is 1. The van der Waals surface area contributed by atoms with E-state index in [0.29, 0.717) is 11.4 Å². The Labute approximate surface area is 144 Å². The van der Waals surface area contributed by atoms with Gasteiger partial charge in [-0.3, -0.25) is 4.79 Å². The SMILES string of the molecule is COc1ccccc1NC(=O)[C@@H](C)OC(=O)c1ccc(Cl)cc1O. The minimum absolute atomic E-state index is 0.0728. The van der Waals surface area contributed by atoms with Gasteiger partial charge in [0.2, 0.25) is 0 Å². The second-order valence-corrected chi connectivity index (χ2v) is 5.33. The average Bonchev–Trinajstić information content (AvgIpc) is 2.55. The molecule has 0 saturated carbocycles. The number of hydrogen-bond donors (Lipinski definition) is 2. The molecule has 0 saturated heterocycles. The molecule has 0 bridgehead atoms. The van der Waals surface area contributed by atoms with Crippen molar-refractivity contribution in [2.24, 2.45) is 0 Å². The van der Waals surface area contributed by atoms with Gasteiger partial charge in [-0.2, -0.15) is 0 Å². The first-order valence-electron chi connectivity index (χ1n) is 7.05. The number of carbonyl (C=O) groups excluding carboxylic acids is 2. The van der Waals surface area contributed by atoms with Crippen molar-refractivity contribution in [3.05, 3.63) is 53.1 Å². The number of anilines is 1. The van der Waals surface area contributed by atoms with Crippen LogP contribution in [0.5, 0.6) is 11.5 Å². The van der Waals surface area contributed by atoms with E-state index in [2.05, 4.69) is 5.32 Å². The fraction of sp³-hybridized carbons (Fsp3) is 0.176. The number of nitrogens with one attached hydrogen (secondary N) is 1. The summed E-state index contributed by atoms with van der Waals surface area (Å²) in [6.07, 6.45) is -1.07. The van der Waals surface area contributed by atoms with Crippen LogP contribution in [0, 0.1) is 0 Å². The predicted octanol–water partition coefficient (Wildman–Crippen LogP) is 3.24. The van der Waals surface area contributed by atoms with E-state index in [1.165, 1.54) is 32.2 Å². The van der Waals surface area contributed by atoms with Crippen LogP contribution in [0.2, 0.25) is 5.02 Å². The fourth-order valence-electron chi connectivity index (χ4n) is 1.94. The lowest BCUT2D eigenvalue weighted by Crippen LogP contribution is -2.30. The fourth-order valence-corrected chi connectivity index (χ4v) is 2.10. The van der Waals surface area contributed by atoms with E-state index in [9.17, 15) is 14.7 Å². The largest absolute Gasteiger partial charge is 0.507 e. The molecule has 0 heterocycles. The van der Waals surface area contributed by atoms with Crippen LogP contribution in [-0.4, -0.2) is 30.2 Å². The molecule has 2 aromatic carbocycles. The van der Waals surface area contributed by atoms with E-state index in [4.69, 9.17) is 21.1 Å². The molecule has 6 nitrogen and oxygen atoms in total. The van der Waals surface area contributed by atoms with Crippen molar-refractivity contribution in [2.75, 3.05) is 12.4 Å². The molecule has 126 valence electrons. The maximum atomic E-state index is 12.2. The van der Waals surface area contributed by atoms with Crippen LogP contribution in [0.25, 0.3) is 0 Å². The van der Waals surface area contributed by atoms with Crippen LogP contribution in [0.1, 0.15) is 17.3 Å². The molecule has 0 aromatic heterocycles. The van der Waals surface area contributed by atoms with Gasteiger partial charge in [0, 0.05) is 5.02 Å². The molecule has 0 radical (unpaired) electrons. The molecule has 24 heavy (non-hydrogen) atoms. The lowest BCUT2D eigenvalue weighted by atomic mass is 10.2. The number of rotatable bonds is 5. The summed E-state index contributed by atoms with van der Waals surface area (Å²) < 4.78 is 10.2. The van der Waals surface area contributed by atoms with Crippen LogP contribution in [-0.2, 0) is 9.53 Å². The van der Waals surface area contributed by atoms with Gasteiger partial charge in [-0.25, -0.2) is 4.79 Å². The number of esters is 1. The Bertz CT molecular complexity index is 762. The zero-order valence-corrected chi connectivity index (χ0v) is 13.8. The van der Waals surface area contributed by atoms with Crippen molar-refractivity contribution in [2.45, 2.75) is 13.0 Å². The number of hydrogen-bond acceptors (Lipinski definition) is 5. The van der Waals surface area contributed by atoms with Crippen molar-refractivity contribution in [3.8, 4) is 11.5 Å². The number of carbonyl (C=O) groups is 2. The third-order valence-corrected chi connectivity index (χ3v) is 3.43. The topological polar surface area (TPSA) is 84.9 Å². The smallest absolute Gasteiger partial charge is 0.342 e. The molecule has 1 atom stereocenters. The van der Waals surface area contributed by atoms with E-state index in [0.717, 1.165) is 0 Å². The molecule has 0 aliphatic heterocycles. The van der Waals surface area contributed by atoms with Crippen molar-refractivity contribution in [3.63, 3.8) is 0 Å². The summed E-state index contributed by atoms with van der Waals surface area (Å²) in [7, 11) is 1.48. The van der Waals surface area contributed by atoms with Crippen LogP contribution < -0.4 is 10.1 Å². The summed E-state index contributed by atoms with van der Waals surface area (Å²) in [5.74, 6) is -1.18. The van der Waals surface area contributed by atoms with E-state index >= 15 is 0 Å². The Morgan fingerprint density at radius 2 is 1.92 bits per heavy atom. The molecule has 0 aliphatic rings. The average molecular weight is 350 g/mol. The molecule has 2 N–H and O–H groups in total. The Morgan fingerprint density at radius 3 is 2.58 bits per heavy atom. The number of methoxy groups -OCH3 is 1. The molecule has 1 amide bonds. The number of halogens is 1. The Balaban J connectivity index is 2.04. The first kappa shape index (κ1) is 17.6. The summed E-state index contributed by atoms with van der Waals surface area (Å²) in [6.45, 7) is 1.43. The van der Waals surface area contributed by atoms with Gasteiger partial charge in [-0.1, -0.05) is 23.7 Å². The number of benzene rings is 2. The minimum Gasteiger partial charge on any atom is -0.507 e. The lowest BCUT2D eigenvalue weighted by Gasteiger charge is -2.15. The molecule has 0 spiro atoms. The third kappa shape index (κ3) is 4.17. The number of para-hydroxylation sites is 2. The van der Waals surface area contributed by atoms with Gasteiger partial charge in [-0.05, 0) is 37.3 Å². The highest BCUT2D eigenvalue weighted by molar-refractivity contribution is 6.30. The van der Waals surface area contributed by atoms with Gasteiger partial charge in [0.1, 0.15) is 17.1 Å². The van der Waals surface area contributed by atoms with Crippen LogP contribution in [0.3, 0.4) is 0 Å². The van der Waals surface area contributed by atoms with Crippen molar-refractivity contribution >= 4 is 29.2 Å². The van der Waals surface area contributed by atoms with Gasteiger partial charge < -0.3 is 19.9 Å². The zero-order valence-electron chi connectivity index (χ0n) is 13.1.